The van der Waals surface area contributed by atoms with Crippen LogP contribution < -0.4 is 0 Å². The first-order valence-electron chi connectivity index (χ1n) is 2.84. The summed E-state index contributed by atoms with van der Waals surface area (Å²) in [5.41, 5.74) is 0. The van der Waals surface area contributed by atoms with Crippen molar-refractivity contribution in [2.75, 3.05) is 6.26 Å². The quantitative estimate of drug-likeness (QED) is 0.445. The first kappa shape index (κ1) is 9.47. The third-order valence-electron chi connectivity index (χ3n) is 0.848. The summed E-state index contributed by atoms with van der Waals surface area (Å²) in [7, 11) is -3.39. The molecule has 10 heavy (non-hydrogen) atoms. The highest BCUT2D eigenvalue weighted by molar-refractivity contribution is 7.86. The minimum Gasteiger partial charge on any atom is -0.254 e. The second-order valence-corrected chi connectivity index (χ2v) is 3.46. The second kappa shape index (κ2) is 3.59. The molecule has 3 nitrogen and oxygen atoms in total. The molecular weight excluding hydrogens is 152 g/mol. The maximum absolute atomic E-state index is 10.4. The van der Waals surface area contributed by atoms with Crippen molar-refractivity contribution in [3.8, 4) is 12.3 Å². The third kappa shape index (κ3) is 4.36. The molecule has 0 amide bonds. The van der Waals surface area contributed by atoms with E-state index in [0.717, 1.165) is 6.26 Å². The summed E-state index contributed by atoms with van der Waals surface area (Å²) in [5.74, 6) is 2.21. The SMILES string of the molecule is C#CC(CC)OS(C)(=O)=O. The van der Waals surface area contributed by atoms with Crippen LogP contribution in [-0.4, -0.2) is 20.8 Å². The highest BCUT2D eigenvalue weighted by Crippen LogP contribution is 1.99. The van der Waals surface area contributed by atoms with Gasteiger partial charge in [0.1, 0.15) is 6.10 Å². The fourth-order valence-electron chi connectivity index (χ4n) is 0.425. The molecule has 1 atom stereocenters. The minimum atomic E-state index is -3.39. The number of rotatable bonds is 3. The van der Waals surface area contributed by atoms with E-state index in [4.69, 9.17) is 6.42 Å². The van der Waals surface area contributed by atoms with Gasteiger partial charge in [-0.15, -0.1) is 6.42 Å². The van der Waals surface area contributed by atoms with Gasteiger partial charge in [-0.25, -0.2) is 0 Å². The zero-order valence-electron chi connectivity index (χ0n) is 5.99. The highest BCUT2D eigenvalue weighted by atomic mass is 32.2. The summed E-state index contributed by atoms with van der Waals surface area (Å²) in [6.45, 7) is 1.76. The predicted octanol–water partition coefficient (Wildman–Crippen LogP) is 0.374. The van der Waals surface area contributed by atoms with Crippen LogP contribution >= 0.6 is 0 Å². The Kier molecular flexibility index (Phi) is 3.40. The molecule has 0 aromatic carbocycles. The molecule has 0 rings (SSSR count). The molecule has 0 radical (unpaired) electrons. The summed E-state index contributed by atoms with van der Waals surface area (Å²) in [4.78, 5) is 0. The Morgan fingerprint density at radius 2 is 2.20 bits per heavy atom. The van der Waals surface area contributed by atoms with Crippen LogP contribution in [0.5, 0.6) is 0 Å². The van der Waals surface area contributed by atoms with Crippen molar-refractivity contribution in [2.24, 2.45) is 0 Å². The van der Waals surface area contributed by atoms with Crippen molar-refractivity contribution < 1.29 is 12.6 Å². The average Bonchev–Trinajstić information content (AvgIpc) is 1.81. The van der Waals surface area contributed by atoms with Gasteiger partial charge in [-0.3, -0.25) is 4.18 Å². The lowest BCUT2D eigenvalue weighted by molar-refractivity contribution is 0.263. The Balaban J connectivity index is 4.04. The number of terminal acetylenes is 1. The van der Waals surface area contributed by atoms with Crippen LogP contribution in [0.2, 0.25) is 0 Å². The standard InChI is InChI=1S/C6H10O3S/c1-4-6(5-2)9-10(3,7)8/h1,6H,5H2,2-3H3. The van der Waals surface area contributed by atoms with Crippen LogP contribution in [0.1, 0.15) is 13.3 Å². The van der Waals surface area contributed by atoms with E-state index in [-0.39, 0.29) is 0 Å². The Bertz CT molecular complexity index is 222. The fraction of sp³-hybridized carbons (Fsp3) is 0.667. The molecule has 0 bridgehead atoms. The van der Waals surface area contributed by atoms with Crippen molar-refractivity contribution in [3.05, 3.63) is 0 Å². The lowest BCUT2D eigenvalue weighted by atomic mass is 10.3. The van der Waals surface area contributed by atoms with Gasteiger partial charge in [-0.1, -0.05) is 12.8 Å². The molecule has 0 heterocycles. The zero-order valence-corrected chi connectivity index (χ0v) is 6.81. The van der Waals surface area contributed by atoms with Crippen molar-refractivity contribution in [1.82, 2.24) is 0 Å². The first-order valence-corrected chi connectivity index (χ1v) is 4.65. The Hall–Kier alpha value is -0.530. The molecule has 0 fully saturated rings. The second-order valence-electron chi connectivity index (χ2n) is 1.86. The number of hydrogen-bond donors (Lipinski definition) is 0. The topological polar surface area (TPSA) is 43.4 Å². The Morgan fingerprint density at radius 3 is 2.30 bits per heavy atom. The van der Waals surface area contributed by atoms with Gasteiger partial charge in [-0.05, 0) is 6.42 Å². The normalized spacial score (nSPS) is 14.1. The van der Waals surface area contributed by atoms with E-state index in [1.807, 2.05) is 0 Å². The van der Waals surface area contributed by atoms with E-state index in [2.05, 4.69) is 10.1 Å². The van der Waals surface area contributed by atoms with Crippen LogP contribution in [0.25, 0.3) is 0 Å². The first-order chi connectivity index (χ1) is 4.49. The van der Waals surface area contributed by atoms with Crippen LogP contribution in [-0.2, 0) is 14.3 Å². The Morgan fingerprint density at radius 1 is 1.70 bits per heavy atom. The van der Waals surface area contributed by atoms with Crippen molar-refractivity contribution in [2.45, 2.75) is 19.4 Å². The van der Waals surface area contributed by atoms with Crippen molar-refractivity contribution in [1.29, 1.82) is 0 Å². The van der Waals surface area contributed by atoms with Gasteiger partial charge >= 0.3 is 0 Å². The summed E-state index contributed by atoms with van der Waals surface area (Å²) in [6.07, 6.45) is 5.82. The van der Waals surface area contributed by atoms with E-state index in [1.165, 1.54) is 0 Å². The highest BCUT2D eigenvalue weighted by Gasteiger charge is 2.09. The molecule has 0 aliphatic heterocycles. The van der Waals surface area contributed by atoms with E-state index in [1.54, 1.807) is 6.92 Å². The molecule has 58 valence electrons. The monoisotopic (exact) mass is 162 g/mol. The molecule has 0 saturated heterocycles. The lowest BCUT2D eigenvalue weighted by Gasteiger charge is -2.05. The molecule has 0 aromatic rings. The van der Waals surface area contributed by atoms with Gasteiger partial charge in [0.15, 0.2) is 0 Å². The van der Waals surface area contributed by atoms with Gasteiger partial charge in [-0.2, -0.15) is 8.42 Å². The van der Waals surface area contributed by atoms with E-state index < -0.39 is 16.2 Å². The average molecular weight is 162 g/mol. The van der Waals surface area contributed by atoms with Crippen LogP contribution in [0, 0.1) is 12.3 Å². The molecule has 0 saturated carbocycles. The molecule has 0 N–H and O–H groups in total. The van der Waals surface area contributed by atoms with E-state index >= 15 is 0 Å². The van der Waals surface area contributed by atoms with Gasteiger partial charge in [0.2, 0.25) is 0 Å². The molecule has 4 heteroatoms. The summed E-state index contributed by atoms with van der Waals surface area (Å²) >= 11 is 0. The molecule has 0 spiro atoms. The van der Waals surface area contributed by atoms with Crippen molar-refractivity contribution >= 4 is 10.1 Å². The molecule has 0 aromatic heterocycles. The van der Waals surface area contributed by atoms with Gasteiger partial charge in [0.05, 0.1) is 6.26 Å². The van der Waals surface area contributed by atoms with Gasteiger partial charge in [0, 0.05) is 0 Å². The maximum Gasteiger partial charge on any atom is 0.265 e. The van der Waals surface area contributed by atoms with Gasteiger partial charge in [0.25, 0.3) is 10.1 Å². The van der Waals surface area contributed by atoms with Crippen LogP contribution in [0.3, 0.4) is 0 Å². The maximum atomic E-state index is 10.4. The van der Waals surface area contributed by atoms with E-state index in [0.29, 0.717) is 6.42 Å². The predicted molar refractivity (Wildman–Crippen MR) is 38.8 cm³/mol. The van der Waals surface area contributed by atoms with Crippen molar-refractivity contribution in [3.63, 3.8) is 0 Å². The Labute approximate surface area is 61.5 Å². The fourth-order valence-corrected chi connectivity index (χ4v) is 1.04. The van der Waals surface area contributed by atoms with Gasteiger partial charge < -0.3 is 0 Å². The smallest absolute Gasteiger partial charge is 0.254 e. The lowest BCUT2D eigenvalue weighted by Crippen LogP contribution is -2.14. The molecule has 1 unspecified atom stereocenters. The zero-order chi connectivity index (χ0) is 8.20. The summed E-state index contributed by atoms with van der Waals surface area (Å²) < 4.78 is 25.4. The summed E-state index contributed by atoms with van der Waals surface area (Å²) in [5, 5.41) is 0. The largest absolute Gasteiger partial charge is 0.265 e. The van der Waals surface area contributed by atoms with E-state index in [9.17, 15) is 8.42 Å². The molecule has 0 aliphatic carbocycles. The van der Waals surface area contributed by atoms with Crippen LogP contribution in [0.15, 0.2) is 0 Å². The molecular formula is C6H10O3S. The minimum absolute atomic E-state index is 0.504. The third-order valence-corrected chi connectivity index (χ3v) is 1.43. The number of hydrogen-bond acceptors (Lipinski definition) is 3. The van der Waals surface area contributed by atoms with Crippen LogP contribution in [0.4, 0.5) is 0 Å². The molecule has 0 aliphatic rings. The summed E-state index contributed by atoms with van der Waals surface area (Å²) in [6, 6.07) is 0.